The van der Waals surface area contributed by atoms with Crippen LogP contribution in [0.5, 0.6) is 5.75 Å². The molecule has 2 N–H and O–H groups in total. The molecule has 0 aliphatic carbocycles. The highest BCUT2D eigenvalue weighted by Gasteiger charge is 2.21. The van der Waals surface area contributed by atoms with Crippen LogP contribution in [-0.4, -0.2) is 42.2 Å². The van der Waals surface area contributed by atoms with Crippen LogP contribution in [0.15, 0.2) is 42.7 Å². The minimum atomic E-state index is -0.141. The molecule has 2 amide bonds. The second-order valence-electron chi connectivity index (χ2n) is 5.99. The Balaban J connectivity index is 1.42. The Kier molecular flexibility index (Phi) is 5.66. The van der Waals surface area contributed by atoms with Crippen molar-refractivity contribution in [2.45, 2.75) is 25.4 Å². The van der Waals surface area contributed by atoms with E-state index in [2.05, 4.69) is 25.5 Å². The van der Waals surface area contributed by atoms with Gasteiger partial charge < -0.3 is 20.3 Å². The molecule has 2 heterocycles. The van der Waals surface area contributed by atoms with Crippen LogP contribution in [0.25, 0.3) is 0 Å². The van der Waals surface area contributed by atoms with Crippen molar-refractivity contribution in [3.8, 4) is 5.75 Å². The van der Waals surface area contributed by atoms with Crippen molar-refractivity contribution in [2.24, 2.45) is 0 Å². The zero-order valence-electron chi connectivity index (χ0n) is 14.3. The first-order valence-corrected chi connectivity index (χ1v) is 8.44. The molecule has 1 saturated heterocycles. The van der Waals surface area contributed by atoms with Gasteiger partial charge in [0, 0.05) is 38.1 Å². The molecule has 0 unspecified atom stereocenters. The maximum Gasteiger partial charge on any atom is 0.315 e. The summed E-state index contributed by atoms with van der Waals surface area (Å²) in [5, 5.41) is 5.94. The van der Waals surface area contributed by atoms with E-state index in [0.29, 0.717) is 6.54 Å². The molecule has 1 aliphatic heterocycles. The Morgan fingerprint density at radius 1 is 1.24 bits per heavy atom. The summed E-state index contributed by atoms with van der Waals surface area (Å²) in [6.45, 7) is 2.15. The number of hydrogen-bond acceptors (Lipinski definition) is 5. The zero-order valence-corrected chi connectivity index (χ0v) is 14.3. The number of hydrogen-bond donors (Lipinski definition) is 2. The number of nitrogens with zero attached hydrogens (tertiary/aromatic N) is 3. The number of rotatable bonds is 5. The highest BCUT2D eigenvalue weighted by Crippen LogP contribution is 2.15. The van der Waals surface area contributed by atoms with E-state index in [9.17, 15) is 4.79 Å². The molecule has 7 heteroatoms. The summed E-state index contributed by atoms with van der Waals surface area (Å²) in [4.78, 5) is 22.8. The van der Waals surface area contributed by atoms with E-state index in [1.807, 2.05) is 30.3 Å². The number of ether oxygens (including phenoxy) is 1. The lowest BCUT2D eigenvalue weighted by atomic mass is 10.1. The van der Waals surface area contributed by atoms with E-state index in [4.69, 9.17) is 4.74 Å². The summed E-state index contributed by atoms with van der Waals surface area (Å²) >= 11 is 0. The van der Waals surface area contributed by atoms with Gasteiger partial charge in [-0.1, -0.05) is 12.1 Å². The summed E-state index contributed by atoms with van der Waals surface area (Å²) in [5.74, 6) is 1.54. The quantitative estimate of drug-likeness (QED) is 0.869. The van der Waals surface area contributed by atoms with Gasteiger partial charge >= 0.3 is 6.03 Å². The van der Waals surface area contributed by atoms with Crippen LogP contribution >= 0.6 is 0 Å². The Morgan fingerprint density at radius 2 is 2.00 bits per heavy atom. The molecule has 1 aliphatic rings. The molecule has 3 rings (SSSR count). The third-order valence-corrected chi connectivity index (χ3v) is 4.25. The maximum absolute atomic E-state index is 12.1. The summed E-state index contributed by atoms with van der Waals surface area (Å²) in [6.07, 6.45) is 5.26. The second kappa shape index (κ2) is 8.32. The van der Waals surface area contributed by atoms with Gasteiger partial charge in [0.25, 0.3) is 0 Å². The molecule has 7 nitrogen and oxygen atoms in total. The van der Waals surface area contributed by atoms with E-state index in [1.54, 1.807) is 19.5 Å². The first-order valence-electron chi connectivity index (χ1n) is 8.44. The van der Waals surface area contributed by atoms with E-state index in [0.717, 1.165) is 43.2 Å². The molecule has 0 bridgehead atoms. The average molecular weight is 341 g/mol. The molecule has 1 aromatic heterocycles. The number of anilines is 1. The van der Waals surface area contributed by atoms with Crippen LogP contribution in [-0.2, 0) is 6.54 Å². The van der Waals surface area contributed by atoms with Gasteiger partial charge in [0.05, 0.1) is 7.11 Å². The van der Waals surface area contributed by atoms with Crippen molar-refractivity contribution >= 4 is 12.0 Å². The normalized spacial score (nSPS) is 14.8. The van der Waals surface area contributed by atoms with Gasteiger partial charge in [-0.25, -0.2) is 14.8 Å². The first kappa shape index (κ1) is 17.0. The van der Waals surface area contributed by atoms with Crippen molar-refractivity contribution in [3.05, 3.63) is 48.3 Å². The van der Waals surface area contributed by atoms with Gasteiger partial charge in [0.15, 0.2) is 0 Å². The number of amides is 2. The highest BCUT2D eigenvalue weighted by atomic mass is 16.5. The van der Waals surface area contributed by atoms with Crippen molar-refractivity contribution < 1.29 is 9.53 Å². The summed E-state index contributed by atoms with van der Waals surface area (Å²) in [5.41, 5.74) is 1.01. The van der Waals surface area contributed by atoms with E-state index in [1.165, 1.54) is 0 Å². The van der Waals surface area contributed by atoms with Crippen LogP contribution in [0.4, 0.5) is 10.7 Å². The second-order valence-corrected chi connectivity index (χ2v) is 5.99. The number of nitrogens with one attached hydrogen (secondary N) is 2. The number of carbonyl (C=O) groups excluding carboxylic acids is 1. The lowest BCUT2D eigenvalue weighted by Crippen LogP contribution is -2.48. The highest BCUT2D eigenvalue weighted by molar-refractivity contribution is 5.74. The predicted molar refractivity (Wildman–Crippen MR) is 95.6 cm³/mol. The SMILES string of the molecule is COc1cccc(CNC(=O)NC2CCN(c3ncccn3)CC2)c1. The molecule has 132 valence electrons. The molecular weight excluding hydrogens is 318 g/mol. The van der Waals surface area contributed by atoms with Crippen molar-refractivity contribution in [1.29, 1.82) is 0 Å². The Hall–Kier alpha value is -2.83. The fourth-order valence-corrected chi connectivity index (χ4v) is 2.88. The van der Waals surface area contributed by atoms with Gasteiger partial charge in [-0.2, -0.15) is 0 Å². The third-order valence-electron chi connectivity index (χ3n) is 4.25. The Labute approximate surface area is 147 Å². The summed E-state index contributed by atoms with van der Waals surface area (Å²) in [7, 11) is 1.63. The van der Waals surface area contributed by atoms with Crippen molar-refractivity contribution in [3.63, 3.8) is 0 Å². The topological polar surface area (TPSA) is 79.4 Å². The smallest absolute Gasteiger partial charge is 0.315 e. The number of piperidine rings is 1. The fourth-order valence-electron chi connectivity index (χ4n) is 2.88. The van der Waals surface area contributed by atoms with Gasteiger partial charge in [-0.05, 0) is 36.6 Å². The molecule has 0 atom stereocenters. The number of methoxy groups -OCH3 is 1. The third kappa shape index (κ3) is 4.82. The van der Waals surface area contributed by atoms with E-state index >= 15 is 0 Å². The lowest BCUT2D eigenvalue weighted by Gasteiger charge is -2.32. The molecule has 0 saturated carbocycles. The molecule has 2 aromatic rings. The molecule has 0 radical (unpaired) electrons. The lowest BCUT2D eigenvalue weighted by molar-refractivity contribution is 0.234. The van der Waals surface area contributed by atoms with Gasteiger partial charge in [0.1, 0.15) is 5.75 Å². The Bertz CT molecular complexity index is 687. The monoisotopic (exact) mass is 341 g/mol. The standard InChI is InChI=1S/C18H23N5O2/c1-25-16-5-2-4-14(12-16)13-21-18(24)22-15-6-10-23(11-7-15)17-19-8-3-9-20-17/h2-5,8-9,12,15H,6-7,10-11,13H2,1H3,(H2,21,22,24). The van der Waals surface area contributed by atoms with Crippen LogP contribution in [0.2, 0.25) is 0 Å². The van der Waals surface area contributed by atoms with E-state index in [-0.39, 0.29) is 12.1 Å². The molecular formula is C18H23N5O2. The largest absolute Gasteiger partial charge is 0.497 e. The number of urea groups is 1. The summed E-state index contributed by atoms with van der Waals surface area (Å²) in [6, 6.07) is 9.51. The van der Waals surface area contributed by atoms with Crippen LogP contribution < -0.4 is 20.3 Å². The van der Waals surface area contributed by atoms with Crippen molar-refractivity contribution in [2.75, 3.05) is 25.1 Å². The number of aromatic nitrogens is 2. The van der Waals surface area contributed by atoms with Crippen LogP contribution in [0.3, 0.4) is 0 Å². The molecule has 25 heavy (non-hydrogen) atoms. The maximum atomic E-state index is 12.1. The first-order chi connectivity index (χ1) is 12.2. The van der Waals surface area contributed by atoms with Gasteiger partial charge in [-0.15, -0.1) is 0 Å². The van der Waals surface area contributed by atoms with Gasteiger partial charge in [0.2, 0.25) is 5.95 Å². The zero-order chi connectivity index (χ0) is 17.5. The molecule has 0 spiro atoms. The number of carbonyl (C=O) groups is 1. The molecule has 1 aromatic carbocycles. The fraction of sp³-hybridized carbons (Fsp3) is 0.389. The minimum absolute atomic E-state index is 0.141. The Morgan fingerprint density at radius 3 is 2.72 bits per heavy atom. The van der Waals surface area contributed by atoms with Crippen LogP contribution in [0, 0.1) is 0 Å². The number of benzene rings is 1. The molecule has 1 fully saturated rings. The van der Waals surface area contributed by atoms with Crippen molar-refractivity contribution in [1.82, 2.24) is 20.6 Å². The van der Waals surface area contributed by atoms with Gasteiger partial charge in [-0.3, -0.25) is 0 Å². The van der Waals surface area contributed by atoms with E-state index < -0.39 is 0 Å². The van der Waals surface area contributed by atoms with Crippen LogP contribution in [0.1, 0.15) is 18.4 Å². The average Bonchev–Trinajstić information content (AvgIpc) is 2.68. The minimum Gasteiger partial charge on any atom is -0.497 e. The summed E-state index contributed by atoms with van der Waals surface area (Å²) < 4.78 is 5.19. The predicted octanol–water partition coefficient (Wildman–Crippen LogP) is 1.95.